The molecule has 1 saturated heterocycles. The highest BCUT2D eigenvalue weighted by molar-refractivity contribution is 5.86. The molecule has 2 N–H and O–H groups in total. The Kier molecular flexibility index (Phi) is 8.69. The maximum absolute atomic E-state index is 12.2. The van der Waals surface area contributed by atoms with Crippen LogP contribution in [0.3, 0.4) is 0 Å². The number of ketones is 1. The van der Waals surface area contributed by atoms with Gasteiger partial charge in [0.05, 0.1) is 12.1 Å². The number of aliphatic hydroxyl groups is 1. The average Bonchev–Trinajstić information content (AvgIpc) is 2.96. The number of carboxylic acids is 1. The van der Waals surface area contributed by atoms with E-state index in [-0.39, 0.29) is 18.2 Å². The van der Waals surface area contributed by atoms with Crippen LogP contribution in [0.15, 0.2) is 36.4 Å². The number of nitrogens with zero attached hydrogens (tertiary/aromatic N) is 1. The van der Waals surface area contributed by atoms with Gasteiger partial charge < -0.3 is 10.2 Å². The second-order valence-corrected chi connectivity index (χ2v) is 7.40. The lowest BCUT2D eigenvalue weighted by atomic mass is 10.0. The van der Waals surface area contributed by atoms with Crippen LogP contribution in [0.4, 0.5) is 0 Å². The smallest absolute Gasteiger partial charge is 0.303 e. The molecule has 5 nitrogen and oxygen atoms in total. The summed E-state index contributed by atoms with van der Waals surface area (Å²) >= 11 is 0. The third kappa shape index (κ3) is 7.65. The number of β-amino-alcohol motifs (C(OH)–C–C–N with tert-alkyl or cyclic N) is 1. The molecule has 1 fully saturated rings. The fraction of sp³-hybridized carbons (Fsp3) is 0.545. The van der Waals surface area contributed by atoms with E-state index in [0.29, 0.717) is 45.2 Å². The Hall–Kier alpha value is -1.98. The molecule has 0 radical (unpaired) electrons. The molecular weight excluding hydrogens is 342 g/mol. The molecule has 0 saturated carbocycles. The zero-order valence-electron chi connectivity index (χ0n) is 16.1. The van der Waals surface area contributed by atoms with E-state index in [1.165, 1.54) is 11.1 Å². The van der Waals surface area contributed by atoms with Gasteiger partial charge in [-0.15, -0.1) is 0 Å². The summed E-state index contributed by atoms with van der Waals surface area (Å²) in [5, 5.41) is 19.0. The standard InChI is InChI=1S/C22H31NO4/c1-17-7-6-8-18(15-17)11-12-19(24)16-23-14-13-21(25)20(23)9-4-2-3-5-10-22(26)27/h2,4,6-8,15,19-20,24H,3,5,9-14,16H2,1H3,(H,26,27)/b4-2-/t19?,20-/m0/s1. The molecule has 1 unspecified atom stereocenters. The largest absolute Gasteiger partial charge is 0.481 e. The molecular formula is C22H31NO4. The van der Waals surface area contributed by atoms with Crippen LogP contribution >= 0.6 is 0 Å². The molecule has 1 aromatic rings. The van der Waals surface area contributed by atoms with Crippen molar-refractivity contribution in [2.75, 3.05) is 13.1 Å². The number of rotatable bonds is 11. The Labute approximate surface area is 161 Å². The highest BCUT2D eigenvalue weighted by Crippen LogP contribution is 2.19. The van der Waals surface area contributed by atoms with Crippen LogP contribution in [0.2, 0.25) is 0 Å². The summed E-state index contributed by atoms with van der Waals surface area (Å²) in [6.07, 6.45) is 7.69. The molecule has 1 aromatic carbocycles. The first-order valence-electron chi connectivity index (χ1n) is 9.83. The molecule has 1 heterocycles. The molecule has 0 spiro atoms. The average molecular weight is 373 g/mol. The fourth-order valence-corrected chi connectivity index (χ4v) is 3.56. The van der Waals surface area contributed by atoms with Crippen LogP contribution in [0.25, 0.3) is 0 Å². The van der Waals surface area contributed by atoms with Gasteiger partial charge in [-0.1, -0.05) is 42.0 Å². The van der Waals surface area contributed by atoms with E-state index in [2.05, 4.69) is 30.0 Å². The monoisotopic (exact) mass is 373 g/mol. The van der Waals surface area contributed by atoms with Crippen molar-refractivity contribution in [3.63, 3.8) is 0 Å². The number of benzene rings is 1. The van der Waals surface area contributed by atoms with Gasteiger partial charge in [0.1, 0.15) is 0 Å². The Morgan fingerprint density at radius 1 is 1.37 bits per heavy atom. The summed E-state index contributed by atoms with van der Waals surface area (Å²) < 4.78 is 0. The van der Waals surface area contributed by atoms with E-state index >= 15 is 0 Å². The van der Waals surface area contributed by atoms with E-state index in [1.54, 1.807) is 0 Å². The Morgan fingerprint density at radius 2 is 2.19 bits per heavy atom. The number of allylic oxidation sites excluding steroid dienone is 1. The number of carbonyl (C=O) groups is 2. The zero-order chi connectivity index (χ0) is 19.6. The molecule has 0 aromatic heterocycles. The second kappa shape index (κ2) is 11.0. The first-order chi connectivity index (χ1) is 13.0. The molecule has 148 valence electrons. The number of unbranched alkanes of at least 4 members (excludes halogenated alkanes) is 1. The summed E-state index contributed by atoms with van der Waals surface area (Å²) in [6, 6.07) is 8.17. The minimum absolute atomic E-state index is 0.158. The van der Waals surface area contributed by atoms with E-state index in [0.717, 1.165) is 6.42 Å². The predicted molar refractivity (Wildman–Crippen MR) is 106 cm³/mol. The van der Waals surface area contributed by atoms with Gasteiger partial charge in [0.2, 0.25) is 0 Å². The third-order valence-electron chi connectivity index (χ3n) is 5.04. The van der Waals surface area contributed by atoms with Crippen molar-refractivity contribution >= 4 is 11.8 Å². The van der Waals surface area contributed by atoms with Gasteiger partial charge in [0.25, 0.3) is 0 Å². The van der Waals surface area contributed by atoms with Gasteiger partial charge in [0, 0.05) is 25.9 Å². The molecule has 1 aliphatic heterocycles. The van der Waals surface area contributed by atoms with Crippen LogP contribution in [-0.2, 0) is 16.0 Å². The minimum atomic E-state index is -0.778. The lowest BCUT2D eigenvalue weighted by molar-refractivity contribution is -0.137. The van der Waals surface area contributed by atoms with Gasteiger partial charge in [-0.2, -0.15) is 0 Å². The van der Waals surface area contributed by atoms with Crippen molar-refractivity contribution < 1.29 is 19.8 Å². The summed E-state index contributed by atoms with van der Waals surface area (Å²) in [6.45, 7) is 3.29. The van der Waals surface area contributed by atoms with Crippen LogP contribution in [-0.4, -0.2) is 52.1 Å². The summed E-state index contributed by atoms with van der Waals surface area (Å²) in [5.41, 5.74) is 2.45. The number of hydrogen-bond donors (Lipinski definition) is 2. The number of hydrogen-bond acceptors (Lipinski definition) is 4. The first-order valence-corrected chi connectivity index (χ1v) is 9.83. The summed E-state index contributed by atoms with van der Waals surface area (Å²) in [5.74, 6) is -0.545. The van der Waals surface area contributed by atoms with Crippen LogP contribution in [0.5, 0.6) is 0 Å². The first kappa shape index (κ1) is 21.3. The zero-order valence-corrected chi connectivity index (χ0v) is 16.1. The quantitative estimate of drug-likeness (QED) is 0.460. The van der Waals surface area contributed by atoms with E-state index in [1.807, 2.05) is 18.2 Å². The minimum Gasteiger partial charge on any atom is -0.481 e. The molecule has 5 heteroatoms. The van der Waals surface area contributed by atoms with Gasteiger partial charge >= 0.3 is 5.97 Å². The van der Waals surface area contributed by atoms with Crippen LogP contribution in [0.1, 0.15) is 49.7 Å². The highest BCUT2D eigenvalue weighted by atomic mass is 16.4. The molecule has 0 amide bonds. The lowest BCUT2D eigenvalue weighted by Gasteiger charge is -2.25. The topological polar surface area (TPSA) is 77.8 Å². The highest BCUT2D eigenvalue weighted by Gasteiger charge is 2.32. The van der Waals surface area contributed by atoms with Gasteiger partial charge in [-0.25, -0.2) is 0 Å². The van der Waals surface area contributed by atoms with Crippen LogP contribution < -0.4 is 0 Å². The number of likely N-dealkylation sites (tertiary alicyclic amines) is 1. The fourth-order valence-electron chi connectivity index (χ4n) is 3.56. The van der Waals surface area contributed by atoms with E-state index < -0.39 is 12.1 Å². The van der Waals surface area contributed by atoms with Crippen molar-refractivity contribution in [1.82, 2.24) is 4.90 Å². The number of aryl methyl sites for hydroxylation is 2. The third-order valence-corrected chi connectivity index (χ3v) is 5.04. The maximum Gasteiger partial charge on any atom is 0.303 e. The lowest BCUT2D eigenvalue weighted by Crippen LogP contribution is -2.38. The normalized spacial score (nSPS) is 19.0. The second-order valence-electron chi connectivity index (χ2n) is 7.40. The summed E-state index contributed by atoms with van der Waals surface area (Å²) in [4.78, 5) is 24.7. The van der Waals surface area contributed by atoms with Crippen molar-refractivity contribution in [2.45, 2.75) is 64.0 Å². The number of carbonyl (C=O) groups excluding carboxylic acids is 1. The van der Waals surface area contributed by atoms with Crippen molar-refractivity contribution in [1.29, 1.82) is 0 Å². The van der Waals surface area contributed by atoms with E-state index in [4.69, 9.17) is 5.11 Å². The molecule has 0 bridgehead atoms. The molecule has 2 atom stereocenters. The SMILES string of the molecule is Cc1cccc(CCC(O)CN2CCC(=O)[C@@H]2C/C=C\CCCC(=O)O)c1. The number of aliphatic carboxylic acids is 1. The molecule has 0 aliphatic carbocycles. The van der Waals surface area contributed by atoms with Gasteiger partial charge in [-0.3, -0.25) is 14.5 Å². The Bertz CT molecular complexity index is 655. The van der Waals surface area contributed by atoms with Crippen molar-refractivity contribution in [3.05, 3.63) is 47.5 Å². The molecule has 27 heavy (non-hydrogen) atoms. The van der Waals surface area contributed by atoms with Gasteiger partial charge in [-0.05, 0) is 44.6 Å². The van der Waals surface area contributed by atoms with Crippen molar-refractivity contribution in [2.24, 2.45) is 0 Å². The Balaban J connectivity index is 1.75. The van der Waals surface area contributed by atoms with Gasteiger partial charge in [0.15, 0.2) is 5.78 Å². The number of aliphatic hydroxyl groups excluding tert-OH is 1. The van der Waals surface area contributed by atoms with Crippen LogP contribution in [0, 0.1) is 6.92 Å². The summed E-state index contributed by atoms with van der Waals surface area (Å²) in [7, 11) is 0. The number of carboxylic acid groups (broad SMARTS) is 1. The predicted octanol–water partition coefficient (Wildman–Crippen LogP) is 3.13. The van der Waals surface area contributed by atoms with Crippen molar-refractivity contribution in [3.8, 4) is 0 Å². The maximum atomic E-state index is 12.2. The number of Topliss-reactive ketones (excluding diaryl/α,β-unsaturated/α-hetero) is 1. The molecule has 1 aliphatic rings. The Morgan fingerprint density at radius 3 is 2.93 bits per heavy atom. The molecule has 2 rings (SSSR count). The van der Waals surface area contributed by atoms with E-state index in [9.17, 15) is 14.7 Å².